The Morgan fingerprint density at radius 2 is 2.19 bits per heavy atom. The third-order valence-electron chi connectivity index (χ3n) is 3.09. The van der Waals surface area contributed by atoms with E-state index in [1.807, 2.05) is 24.3 Å². The van der Waals surface area contributed by atoms with Gasteiger partial charge in [0, 0.05) is 24.0 Å². The van der Waals surface area contributed by atoms with Crippen LogP contribution in [-0.2, 0) is 6.42 Å². The maximum atomic E-state index is 12.1. The van der Waals surface area contributed by atoms with Gasteiger partial charge in [-0.1, -0.05) is 18.2 Å². The van der Waals surface area contributed by atoms with E-state index in [-0.39, 0.29) is 5.91 Å². The van der Waals surface area contributed by atoms with Gasteiger partial charge in [-0.15, -0.1) is 0 Å². The molecule has 7 heteroatoms. The number of amides is 1. The van der Waals surface area contributed by atoms with Crippen molar-refractivity contribution >= 4 is 22.5 Å². The lowest BCUT2D eigenvalue weighted by atomic mass is 10.1. The van der Waals surface area contributed by atoms with Crippen molar-refractivity contribution < 1.29 is 4.79 Å². The van der Waals surface area contributed by atoms with Crippen LogP contribution in [0.25, 0.3) is 10.9 Å². The second kappa shape index (κ2) is 5.58. The van der Waals surface area contributed by atoms with Crippen molar-refractivity contribution in [3.8, 4) is 0 Å². The highest BCUT2D eigenvalue weighted by Gasteiger charge is 2.10. The Balaban J connectivity index is 1.72. The van der Waals surface area contributed by atoms with Crippen LogP contribution in [0.3, 0.4) is 0 Å². The number of hydrogen-bond donors (Lipinski definition) is 3. The van der Waals surface area contributed by atoms with Gasteiger partial charge < -0.3 is 11.1 Å². The molecule has 0 radical (unpaired) electrons. The number of pyridine rings is 1. The summed E-state index contributed by atoms with van der Waals surface area (Å²) in [5, 5.41) is 10.1. The SMILES string of the molecule is Nc1cc(C(=O)NCCc2ncn[nH]2)nc2ccccc12. The van der Waals surface area contributed by atoms with E-state index in [2.05, 4.69) is 25.5 Å². The van der Waals surface area contributed by atoms with E-state index in [0.29, 0.717) is 29.9 Å². The molecule has 0 aliphatic heterocycles. The van der Waals surface area contributed by atoms with Crippen molar-refractivity contribution in [3.63, 3.8) is 0 Å². The fourth-order valence-electron chi connectivity index (χ4n) is 2.05. The van der Waals surface area contributed by atoms with Crippen LogP contribution in [-0.4, -0.2) is 32.6 Å². The molecule has 0 atom stereocenters. The molecular weight excluding hydrogens is 268 g/mol. The van der Waals surface area contributed by atoms with Gasteiger partial charge >= 0.3 is 0 Å². The third-order valence-corrected chi connectivity index (χ3v) is 3.09. The molecule has 2 aromatic heterocycles. The summed E-state index contributed by atoms with van der Waals surface area (Å²) < 4.78 is 0. The summed E-state index contributed by atoms with van der Waals surface area (Å²) in [6.07, 6.45) is 2.01. The van der Waals surface area contributed by atoms with Gasteiger partial charge in [-0.2, -0.15) is 5.10 Å². The average Bonchev–Trinajstić information content (AvgIpc) is 3.00. The number of anilines is 1. The number of carbonyl (C=O) groups excluding carboxylic acids is 1. The van der Waals surface area contributed by atoms with Crippen LogP contribution in [0, 0.1) is 0 Å². The molecule has 106 valence electrons. The van der Waals surface area contributed by atoms with Gasteiger partial charge in [-0.25, -0.2) is 9.97 Å². The third kappa shape index (κ3) is 2.81. The molecule has 1 aromatic carbocycles. The molecule has 0 bridgehead atoms. The zero-order chi connectivity index (χ0) is 14.7. The van der Waals surface area contributed by atoms with Crippen molar-refractivity contribution in [3.05, 3.63) is 48.2 Å². The summed E-state index contributed by atoms with van der Waals surface area (Å²) in [4.78, 5) is 20.4. The Morgan fingerprint density at radius 1 is 1.33 bits per heavy atom. The number of nitrogens with zero attached hydrogens (tertiary/aromatic N) is 3. The predicted molar refractivity (Wildman–Crippen MR) is 78.6 cm³/mol. The maximum Gasteiger partial charge on any atom is 0.269 e. The van der Waals surface area contributed by atoms with E-state index >= 15 is 0 Å². The minimum absolute atomic E-state index is 0.257. The first-order valence-corrected chi connectivity index (χ1v) is 6.52. The molecule has 3 rings (SSSR count). The number of hydrogen-bond acceptors (Lipinski definition) is 5. The van der Waals surface area contributed by atoms with Gasteiger partial charge in [0.2, 0.25) is 0 Å². The number of rotatable bonds is 4. The summed E-state index contributed by atoms with van der Waals surface area (Å²) in [7, 11) is 0. The van der Waals surface area contributed by atoms with Gasteiger partial charge in [-0.3, -0.25) is 9.89 Å². The van der Waals surface area contributed by atoms with Gasteiger partial charge in [-0.05, 0) is 12.1 Å². The molecule has 0 fully saturated rings. The monoisotopic (exact) mass is 282 g/mol. The highest BCUT2D eigenvalue weighted by molar-refractivity contribution is 5.99. The second-order valence-corrected chi connectivity index (χ2v) is 4.55. The van der Waals surface area contributed by atoms with Crippen LogP contribution in [0.15, 0.2) is 36.7 Å². The molecule has 0 aliphatic carbocycles. The van der Waals surface area contributed by atoms with Crippen molar-refractivity contribution in [1.82, 2.24) is 25.5 Å². The van der Waals surface area contributed by atoms with Crippen LogP contribution >= 0.6 is 0 Å². The van der Waals surface area contributed by atoms with Gasteiger partial charge in [0.15, 0.2) is 0 Å². The number of benzene rings is 1. The second-order valence-electron chi connectivity index (χ2n) is 4.55. The van der Waals surface area contributed by atoms with Crippen molar-refractivity contribution in [2.75, 3.05) is 12.3 Å². The summed E-state index contributed by atoms with van der Waals surface area (Å²) in [6, 6.07) is 9.05. The van der Waals surface area contributed by atoms with Crippen LogP contribution in [0.2, 0.25) is 0 Å². The normalized spacial score (nSPS) is 10.7. The molecule has 0 unspecified atom stereocenters. The largest absolute Gasteiger partial charge is 0.398 e. The van der Waals surface area contributed by atoms with E-state index < -0.39 is 0 Å². The van der Waals surface area contributed by atoms with Gasteiger partial charge in [0.1, 0.15) is 17.8 Å². The lowest BCUT2D eigenvalue weighted by Crippen LogP contribution is -2.27. The van der Waals surface area contributed by atoms with Crippen molar-refractivity contribution in [2.24, 2.45) is 0 Å². The molecule has 3 aromatic rings. The van der Waals surface area contributed by atoms with Crippen LogP contribution in [0.4, 0.5) is 5.69 Å². The van der Waals surface area contributed by atoms with Crippen LogP contribution < -0.4 is 11.1 Å². The number of nitrogens with two attached hydrogens (primary N) is 1. The number of para-hydroxylation sites is 1. The quantitative estimate of drug-likeness (QED) is 0.659. The molecule has 0 spiro atoms. The Bertz CT molecular complexity index is 768. The summed E-state index contributed by atoms with van der Waals surface area (Å²) in [5.41, 5.74) is 7.52. The first-order chi connectivity index (χ1) is 10.2. The van der Waals surface area contributed by atoms with Crippen LogP contribution in [0.5, 0.6) is 0 Å². The molecular formula is C14H14N6O. The summed E-state index contributed by atoms with van der Waals surface area (Å²) >= 11 is 0. The minimum atomic E-state index is -0.257. The van der Waals surface area contributed by atoms with E-state index in [4.69, 9.17) is 5.73 Å². The molecule has 0 saturated carbocycles. The first-order valence-electron chi connectivity index (χ1n) is 6.52. The topological polar surface area (TPSA) is 110 Å². The molecule has 4 N–H and O–H groups in total. The fraction of sp³-hybridized carbons (Fsp3) is 0.143. The average molecular weight is 282 g/mol. The van der Waals surface area contributed by atoms with E-state index in [0.717, 1.165) is 11.2 Å². The molecule has 1 amide bonds. The number of carbonyl (C=O) groups is 1. The summed E-state index contributed by atoms with van der Waals surface area (Å²) in [6.45, 7) is 0.447. The van der Waals surface area contributed by atoms with Gasteiger partial charge in [0.25, 0.3) is 5.91 Å². The number of aromatic amines is 1. The Kier molecular flexibility index (Phi) is 3.46. The Morgan fingerprint density at radius 3 is 3.00 bits per heavy atom. The molecule has 21 heavy (non-hydrogen) atoms. The van der Waals surface area contributed by atoms with Crippen LogP contribution in [0.1, 0.15) is 16.3 Å². The number of nitrogen functional groups attached to an aromatic ring is 1. The van der Waals surface area contributed by atoms with Gasteiger partial charge in [0.05, 0.1) is 5.52 Å². The van der Waals surface area contributed by atoms with E-state index in [1.54, 1.807) is 6.07 Å². The summed E-state index contributed by atoms with van der Waals surface area (Å²) in [5.74, 6) is 0.466. The zero-order valence-electron chi connectivity index (χ0n) is 11.2. The van der Waals surface area contributed by atoms with E-state index in [9.17, 15) is 4.79 Å². The highest BCUT2D eigenvalue weighted by Crippen LogP contribution is 2.19. The fourth-order valence-corrected chi connectivity index (χ4v) is 2.05. The standard InChI is InChI=1S/C14H14N6O/c15-10-7-12(19-11-4-2-1-3-9(10)11)14(21)16-6-5-13-17-8-18-20-13/h1-4,7-8H,5-6H2,(H2,15,19)(H,16,21)(H,17,18,20). The number of aromatic nitrogens is 4. The lowest BCUT2D eigenvalue weighted by Gasteiger charge is -2.07. The smallest absolute Gasteiger partial charge is 0.269 e. The number of nitrogens with one attached hydrogen (secondary N) is 2. The minimum Gasteiger partial charge on any atom is -0.398 e. The first kappa shape index (κ1) is 13.0. The number of H-pyrrole nitrogens is 1. The Labute approximate surface area is 120 Å². The maximum absolute atomic E-state index is 12.1. The molecule has 0 aliphatic rings. The van der Waals surface area contributed by atoms with E-state index in [1.165, 1.54) is 6.33 Å². The zero-order valence-corrected chi connectivity index (χ0v) is 11.2. The molecule has 2 heterocycles. The highest BCUT2D eigenvalue weighted by atomic mass is 16.1. The Hall–Kier alpha value is -2.96. The van der Waals surface area contributed by atoms with Crippen molar-refractivity contribution in [1.29, 1.82) is 0 Å². The number of fused-ring (bicyclic) bond motifs is 1. The van der Waals surface area contributed by atoms with Crippen molar-refractivity contribution in [2.45, 2.75) is 6.42 Å². The molecule has 7 nitrogen and oxygen atoms in total. The molecule has 0 saturated heterocycles. The predicted octanol–water partition coefficient (Wildman–Crippen LogP) is 0.908. The lowest BCUT2D eigenvalue weighted by molar-refractivity contribution is 0.0949.